The number of aromatic amines is 1. The molecular weight excluding hydrogens is 442 g/mol. The normalized spacial score (nSPS) is 11.6. The van der Waals surface area contributed by atoms with Crippen LogP contribution in [-0.4, -0.2) is 31.6 Å². The van der Waals surface area contributed by atoms with Crippen LogP contribution in [0, 0.1) is 11.8 Å². The summed E-state index contributed by atoms with van der Waals surface area (Å²) in [5.41, 5.74) is 7.72. The average Bonchev–Trinajstić information content (AvgIpc) is 3.14. The number of nitrogens with one attached hydrogen (secondary N) is 1. The number of carbonyl (C=O) groups is 1. The molecule has 3 N–H and O–H groups in total. The Balaban J connectivity index is 1.64. The minimum Gasteiger partial charge on any atom is -0.443 e. The zero-order valence-corrected chi connectivity index (χ0v) is 19.0. The highest BCUT2D eigenvalue weighted by atomic mass is 19.1. The van der Waals surface area contributed by atoms with Crippen LogP contribution >= 0.6 is 0 Å². The van der Waals surface area contributed by atoms with E-state index < -0.39 is 23.5 Å². The number of anilines is 2. The van der Waals surface area contributed by atoms with Gasteiger partial charge in [0, 0.05) is 29.8 Å². The van der Waals surface area contributed by atoms with Crippen molar-refractivity contribution in [2.75, 3.05) is 10.6 Å². The molecule has 8 nitrogen and oxygen atoms in total. The Kier molecular flexibility index (Phi) is 6.14. The van der Waals surface area contributed by atoms with Crippen molar-refractivity contribution < 1.29 is 18.3 Å². The Bertz CT molecular complexity index is 1350. The van der Waals surface area contributed by atoms with Crippen LogP contribution in [0.25, 0.3) is 11.0 Å². The lowest BCUT2D eigenvalue weighted by molar-refractivity contribution is 0.0576. The maximum Gasteiger partial charge on any atom is 0.416 e. The standard InChI is InChI=1S/C24H24F2N6O2/c1-24(2,3)34-23(33)32(13-14-6-17(25)11-28-9-14)20-5-4-15(21(26)31-20)7-16-10-29-22-19(16)8-18(27)12-30-22/h4-6,8-12H,7,13,27H2,1-3H3,(H,29,30). The van der Waals surface area contributed by atoms with E-state index in [9.17, 15) is 9.18 Å². The van der Waals surface area contributed by atoms with Gasteiger partial charge in [-0.1, -0.05) is 6.07 Å². The molecule has 4 aromatic heterocycles. The fraction of sp³-hybridized carbons (Fsp3) is 0.250. The molecule has 4 aromatic rings. The summed E-state index contributed by atoms with van der Waals surface area (Å²) in [6, 6.07) is 6.09. The molecule has 4 rings (SSSR count). The monoisotopic (exact) mass is 466 g/mol. The zero-order chi connectivity index (χ0) is 24.5. The van der Waals surface area contributed by atoms with Crippen molar-refractivity contribution in [1.29, 1.82) is 0 Å². The van der Waals surface area contributed by atoms with Gasteiger partial charge in [0.05, 0.1) is 24.6 Å². The third kappa shape index (κ3) is 5.28. The maximum absolute atomic E-state index is 15.1. The molecule has 0 spiro atoms. The molecule has 0 radical (unpaired) electrons. The van der Waals surface area contributed by atoms with Gasteiger partial charge in [-0.3, -0.25) is 9.88 Å². The molecule has 0 aliphatic rings. The highest BCUT2D eigenvalue weighted by molar-refractivity contribution is 5.86. The van der Waals surface area contributed by atoms with E-state index in [0.29, 0.717) is 22.5 Å². The highest BCUT2D eigenvalue weighted by Gasteiger charge is 2.26. The van der Waals surface area contributed by atoms with Crippen LogP contribution in [0.1, 0.15) is 37.5 Å². The summed E-state index contributed by atoms with van der Waals surface area (Å²) in [4.78, 5) is 29.1. The van der Waals surface area contributed by atoms with E-state index in [-0.39, 0.29) is 18.8 Å². The number of halogens is 2. The molecule has 0 atom stereocenters. The molecule has 0 bridgehead atoms. The molecule has 0 aliphatic carbocycles. The molecule has 0 aliphatic heterocycles. The first-order chi connectivity index (χ1) is 16.1. The fourth-order valence-corrected chi connectivity index (χ4v) is 3.44. The van der Waals surface area contributed by atoms with Gasteiger partial charge in [0.25, 0.3) is 0 Å². The Labute approximate surface area is 194 Å². The van der Waals surface area contributed by atoms with Crippen LogP contribution in [-0.2, 0) is 17.7 Å². The van der Waals surface area contributed by atoms with E-state index in [1.165, 1.54) is 18.3 Å². The van der Waals surface area contributed by atoms with Crippen LogP contribution in [0.4, 0.5) is 25.1 Å². The molecular formula is C24H24F2N6O2. The predicted molar refractivity (Wildman–Crippen MR) is 124 cm³/mol. The maximum atomic E-state index is 15.1. The number of nitrogen functional groups attached to an aromatic ring is 1. The first-order valence-electron chi connectivity index (χ1n) is 10.6. The number of H-pyrrole nitrogens is 1. The third-order valence-corrected chi connectivity index (χ3v) is 4.92. The van der Waals surface area contributed by atoms with Crippen LogP contribution in [0.3, 0.4) is 0 Å². The Morgan fingerprint density at radius 2 is 1.94 bits per heavy atom. The smallest absolute Gasteiger partial charge is 0.416 e. The van der Waals surface area contributed by atoms with E-state index in [0.717, 1.165) is 22.0 Å². The van der Waals surface area contributed by atoms with Crippen molar-refractivity contribution in [3.05, 3.63) is 77.5 Å². The largest absolute Gasteiger partial charge is 0.443 e. The molecule has 0 aromatic carbocycles. The fourth-order valence-electron chi connectivity index (χ4n) is 3.44. The summed E-state index contributed by atoms with van der Waals surface area (Å²) in [5.74, 6) is -1.26. The highest BCUT2D eigenvalue weighted by Crippen LogP contribution is 2.25. The Morgan fingerprint density at radius 3 is 2.65 bits per heavy atom. The summed E-state index contributed by atoms with van der Waals surface area (Å²) in [6.45, 7) is 5.05. The van der Waals surface area contributed by atoms with Gasteiger partial charge in [-0.2, -0.15) is 4.39 Å². The summed E-state index contributed by atoms with van der Waals surface area (Å²) >= 11 is 0. The second-order valence-corrected chi connectivity index (χ2v) is 8.85. The van der Waals surface area contributed by atoms with Crippen molar-refractivity contribution >= 4 is 28.6 Å². The number of carbonyl (C=O) groups excluding carboxylic acids is 1. The minimum atomic E-state index is -0.792. The summed E-state index contributed by atoms with van der Waals surface area (Å²) < 4.78 is 34.2. The van der Waals surface area contributed by atoms with E-state index in [1.54, 1.807) is 45.3 Å². The second-order valence-electron chi connectivity index (χ2n) is 8.85. The molecule has 0 saturated heterocycles. The molecule has 176 valence electrons. The lowest BCUT2D eigenvalue weighted by Gasteiger charge is -2.27. The van der Waals surface area contributed by atoms with E-state index in [1.807, 2.05) is 0 Å². The molecule has 0 fully saturated rings. The number of rotatable bonds is 5. The van der Waals surface area contributed by atoms with Crippen LogP contribution in [0.5, 0.6) is 0 Å². The van der Waals surface area contributed by atoms with Gasteiger partial charge in [0.2, 0.25) is 5.95 Å². The molecule has 0 saturated carbocycles. The molecule has 34 heavy (non-hydrogen) atoms. The first kappa shape index (κ1) is 23.1. The summed E-state index contributed by atoms with van der Waals surface area (Å²) in [6.07, 6.45) is 5.26. The van der Waals surface area contributed by atoms with Crippen molar-refractivity contribution in [1.82, 2.24) is 19.9 Å². The summed E-state index contributed by atoms with van der Waals surface area (Å²) in [5, 5.41) is 0.789. The van der Waals surface area contributed by atoms with Crippen LogP contribution < -0.4 is 10.6 Å². The van der Waals surface area contributed by atoms with Gasteiger partial charge in [-0.25, -0.2) is 19.2 Å². The zero-order valence-electron chi connectivity index (χ0n) is 19.0. The third-order valence-electron chi connectivity index (χ3n) is 4.92. The van der Waals surface area contributed by atoms with Crippen molar-refractivity contribution in [3.63, 3.8) is 0 Å². The number of ether oxygens (including phenoxy) is 1. The van der Waals surface area contributed by atoms with Gasteiger partial charge in [0.15, 0.2) is 0 Å². The van der Waals surface area contributed by atoms with Gasteiger partial charge in [-0.15, -0.1) is 0 Å². The predicted octanol–water partition coefficient (Wildman–Crippen LogP) is 4.75. The number of nitrogens with two attached hydrogens (primary N) is 1. The van der Waals surface area contributed by atoms with Crippen molar-refractivity contribution in [2.24, 2.45) is 0 Å². The van der Waals surface area contributed by atoms with Crippen LogP contribution in [0.15, 0.2) is 49.1 Å². The second kappa shape index (κ2) is 9.05. The summed E-state index contributed by atoms with van der Waals surface area (Å²) in [7, 11) is 0. The topological polar surface area (TPSA) is 110 Å². The lowest BCUT2D eigenvalue weighted by atomic mass is 10.1. The Morgan fingerprint density at radius 1 is 1.15 bits per heavy atom. The van der Waals surface area contributed by atoms with E-state index in [4.69, 9.17) is 10.5 Å². The van der Waals surface area contributed by atoms with E-state index in [2.05, 4.69) is 19.9 Å². The van der Waals surface area contributed by atoms with Gasteiger partial charge in [-0.05, 0) is 50.1 Å². The molecule has 4 heterocycles. The van der Waals surface area contributed by atoms with Crippen molar-refractivity contribution in [3.8, 4) is 0 Å². The number of aromatic nitrogens is 4. The molecule has 1 amide bonds. The average molecular weight is 466 g/mol. The minimum absolute atomic E-state index is 0.0320. The quantitative estimate of drug-likeness (QED) is 0.411. The van der Waals surface area contributed by atoms with E-state index >= 15 is 4.39 Å². The number of pyridine rings is 3. The van der Waals surface area contributed by atoms with Gasteiger partial charge in [0.1, 0.15) is 22.9 Å². The number of hydrogen-bond donors (Lipinski definition) is 2. The van der Waals surface area contributed by atoms with Crippen LogP contribution in [0.2, 0.25) is 0 Å². The lowest BCUT2D eigenvalue weighted by Crippen LogP contribution is -2.37. The number of fused-ring (bicyclic) bond motifs is 1. The SMILES string of the molecule is CC(C)(C)OC(=O)N(Cc1cncc(F)c1)c1ccc(Cc2c[nH]c3ncc(N)cc23)c(F)n1. The molecule has 10 heteroatoms. The number of nitrogens with zero attached hydrogens (tertiary/aromatic N) is 4. The first-order valence-corrected chi connectivity index (χ1v) is 10.6. The Hall–Kier alpha value is -4.08. The van der Waals surface area contributed by atoms with Gasteiger partial charge < -0.3 is 15.5 Å². The van der Waals surface area contributed by atoms with Crippen molar-refractivity contribution in [2.45, 2.75) is 39.3 Å². The molecule has 0 unspecified atom stereocenters. The number of amides is 1. The van der Waals surface area contributed by atoms with Gasteiger partial charge >= 0.3 is 6.09 Å². The number of hydrogen-bond acceptors (Lipinski definition) is 6.